The molecule has 0 saturated carbocycles. The smallest absolute Gasteiger partial charge is 0.273 e. The van der Waals surface area contributed by atoms with Crippen molar-refractivity contribution in [3.63, 3.8) is 0 Å². The Morgan fingerprint density at radius 1 is 1.21 bits per heavy atom. The molecule has 0 spiro atoms. The van der Waals surface area contributed by atoms with Crippen molar-refractivity contribution in [1.29, 1.82) is 0 Å². The number of rotatable bonds is 1. The fourth-order valence-corrected chi connectivity index (χ4v) is 2.38. The van der Waals surface area contributed by atoms with Gasteiger partial charge in [0.25, 0.3) is 5.91 Å². The lowest BCUT2D eigenvalue weighted by Crippen LogP contribution is -2.26. The molecule has 0 fully saturated rings. The molecule has 1 amide bonds. The number of pyridine rings is 1. The van der Waals surface area contributed by atoms with E-state index >= 15 is 0 Å². The molecule has 0 atom stereocenters. The molecule has 2 heterocycles. The number of nitrogens with zero attached hydrogens (tertiary/aromatic N) is 2. The third-order valence-electron chi connectivity index (χ3n) is 3.35. The van der Waals surface area contributed by atoms with Crippen LogP contribution < -0.4 is 5.73 Å². The molecule has 0 bridgehead atoms. The van der Waals surface area contributed by atoms with E-state index in [0.717, 1.165) is 22.5 Å². The number of aromatic nitrogens is 1. The minimum atomic E-state index is -0.0292. The van der Waals surface area contributed by atoms with Gasteiger partial charge >= 0.3 is 0 Å². The van der Waals surface area contributed by atoms with Crippen LogP contribution in [0.2, 0.25) is 0 Å². The van der Waals surface area contributed by atoms with Crippen LogP contribution in [0.4, 0.5) is 5.69 Å². The van der Waals surface area contributed by atoms with Crippen LogP contribution in [0.15, 0.2) is 36.4 Å². The number of aryl methyl sites for hydroxylation is 1. The predicted octanol–water partition coefficient (Wildman–Crippen LogP) is 2.13. The van der Waals surface area contributed by atoms with Crippen molar-refractivity contribution in [2.45, 2.75) is 20.0 Å². The molecule has 2 N–H and O–H groups in total. The Bertz CT molecular complexity index is 652. The molecule has 3 rings (SSSR count). The molecule has 96 valence electrons. The van der Waals surface area contributed by atoms with Crippen LogP contribution in [-0.2, 0) is 13.1 Å². The van der Waals surface area contributed by atoms with Gasteiger partial charge in [0.15, 0.2) is 0 Å². The first kappa shape index (κ1) is 11.7. The van der Waals surface area contributed by atoms with E-state index in [1.807, 2.05) is 37.3 Å². The van der Waals surface area contributed by atoms with Crippen LogP contribution in [0, 0.1) is 6.92 Å². The summed E-state index contributed by atoms with van der Waals surface area (Å²) in [4.78, 5) is 18.5. The predicted molar refractivity (Wildman–Crippen MR) is 73.4 cm³/mol. The fourth-order valence-electron chi connectivity index (χ4n) is 2.38. The zero-order valence-corrected chi connectivity index (χ0v) is 10.8. The van der Waals surface area contributed by atoms with Crippen molar-refractivity contribution in [1.82, 2.24) is 9.88 Å². The molecule has 4 nitrogen and oxygen atoms in total. The zero-order valence-electron chi connectivity index (χ0n) is 10.8. The first-order valence-corrected chi connectivity index (χ1v) is 6.24. The number of hydrogen-bond acceptors (Lipinski definition) is 3. The average molecular weight is 253 g/mol. The van der Waals surface area contributed by atoms with Crippen molar-refractivity contribution in [3.05, 3.63) is 58.9 Å². The number of fused-ring (bicyclic) bond motifs is 1. The van der Waals surface area contributed by atoms with E-state index in [9.17, 15) is 4.79 Å². The Balaban J connectivity index is 1.85. The third-order valence-corrected chi connectivity index (χ3v) is 3.35. The van der Waals surface area contributed by atoms with Gasteiger partial charge in [0.05, 0.1) is 0 Å². The lowest BCUT2D eigenvalue weighted by molar-refractivity contribution is 0.0745. The molecule has 1 aliphatic heterocycles. The highest BCUT2D eigenvalue weighted by Gasteiger charge is 2.24. The van der Waals surface area contributed by atoms with Gasteiger partial charge in [-0.1, -0.05) is 12.1 Å². The van der Waals surface area contributed by atoms with E-state index in [4.69, 9.17) is 5.73 Å². The summed E-state index contributed by atoms with van der Waals surface area (Å²) in [5.74, 6) is -0.0292. The Morgan fingerprint density at radius 3 is 2.79 bits per heavy atom. The number of anilines is 1. The van der Waals surface area contributed by atoms with Gasteiger partial charge < -0.3 is 10.6 Å². The zero-order chi connectivity index (χ0) is 13.4. The number of carbonyl (C=O) groups is 1. The maximum absolute atomic E-state index is 12.4. The summed E-state index contributed by atoms with van der Waals surface area (Å²) in [6.45, 7) is 3.12. The summed E-state index contributed by atoms with van der Waals surface area (Å²) >= 11 is 0. The number of carbonyl (C=O) groups excluding carboxylic acids is 1. The Hall–Kier alpha value is -2.36. The van der Waals surface area contributed by atoms with E-state index in [-0.39, 0.29) is 5.91 Å². The maximum Gasteiger partial charge on any atom is 0.273 e. The molecular weight excluding hydrogens is 238 g/mol. The summed E-state index contributed by atoms with van der Waals surface area (Å²) in [7, 11) is 0. The molecule has 0 saturated heterocycles. The molecule has 2 aromatic rings. The number of hydrogen-bond donors (Lipinski definition) is 1. The summed E-state index contributed by atoms with van der Waals surface area (Å²) in [5.41, 5.74) is 10.1. The topological polar surface area (TPSA) is 59.2 Å². The largest absolute Gasteiger partial charge is 0.399 e. The van der Waals surface area contributed by atoms with Gasteiger partial charge in [-0.15, -0.1) is 0 Å². The maximum atomic E-state index is 12.4. The minimum Gasteiger partial charge on any atom is -0.399 e. The van der Waals surface area contributed by atoms with Gasteiger partial charge in [-0.05, 0) is 42.3 Å². The lowest BCUT2D eigenvalue weighted by atomic mass is 10.1. The summed E-state index contributed by atoms with van der Waals surface area (Å²) in [5, 5.41) is 0. The number of nitrogens with two attached hydrogens (primary N) is 1. The van der Waals surface area contributed by atoms with Crippen molar-refractivity contribution in [2.75, 3.05) is 5.73 Å². The van der Waals surface area contributed by atoms with Crippen LogP contribution in [0.5, 0.6) is 0 Å². The van der Waals surface area contributed by atoms with Crippen molar-refractivity contribution in [2.24, 2.45) is 0 Å². The van der Waals surface area contributed by atoms with Gasteiger partial charge in [0, 0.05) is 24.5 Å². The van der Waals surface area contributed by atoms with Crippen LogP contribution in [0.3, 0.4) is 0 Å². The van der Waals surface area contributed by atoms with Crippen molar-refractivity contribution >= 4 is 11.6 Å². The van der Waals surface area contributed by atoms with Crippen LogP contribution in [0.1, 0.15) is 27.3 Å². The van der Waals surface area contributed by atoms with Crippen molar-refractivity contribution in [3.8, 4) is 0 Å². The van der Waals surface area contributed by atoms with E-state index in [2.05, 4.69) is 4.98 Å². The lowest BCUT2D eigenvalue weighted by Gasteiger charge is -2.14. The third kappa shape index (κ3) is 2.17. The van der Waals surface area contributed by atoms with Gasteiger partial charge in [-0.2, -0.15) is 0 Å². The Labute approximate surface area is 111 Å². The molecule has 1 aromatic heterocycles. The first-order valence-electron chi connectivity index (χ1n) is 6.24. The normalized spacial score (nSPS) is 13.4. The van der Waals surface area contributed by atoms with Crippen LogP contribution in [-0.4, -0.2) is 15.8 Å². The molecule has 4 heteroatoms. The summed E-state index contributed by atoms with van der Waals surface area (Å²) < 4.78 is 0. The van der Waals surface area contributed by atoms with E-state index < -0.39 is 0 Å². The van der Waals surface area contributed by atoms with Crippen LogP contribution in [0.25, 0.3) is 0 Å². The molecule has 1 aromatic carbocycles. The highest BCUT2D eigenvalue weighted by molar-refractivity contribution is 5.92. The molecule has 1 aliphatic rings. The monoisotopic (exact) mass is 253 g/mol. The van der Waals surface area contributed by atoms with E-state index in [1.54, 1.807) is 11.0 Å². The minimum absolute atomic E-state index is 0.0292. The summed E-state index contributed by atoms with van der Waals surface area (Å²) in [6, 6.07) is 11.3. The van der Waals surface area contributed by atoms with Crippen LogP contribution >= 0.6 is 0 Å². The Morgan fingerprint density at radius 2 is 2.00 bits per heavy atom. The molecule has 0 unspecified atom stereocenters. The highest BCUT2D eigenvalue weighted by Crippen LogP contribution is 2.25. The second-order valence-corrected chi connectivity index (χ2v) is 4.85. The second kappa shape index (κ2) is 4.39. The fraction of sp³-hybridized carbons (Fsp3) is 0.200. The molecule has 0 aliphatic carbocycles. The average Bonchev–Trinajstić information content (AvgIpc) is 2.80. The van der Waals surface area contributed by atoms with E-state index in [0.29, 0.717) is 18.8 Å². The van der Waals surface area contributed by atoms with Gasteiger partial charge in [-0.3, -0.25) is 4.79 Å². The van der Waals surface area contributed by atoms with Crippen molar-refractivity contribution < 1.29 is 4.79 Å². The molecule has 0 radical (unpaired) electrons. The number of amides is 1. The highest BCUT2D eigenvalue weighted by atomic mass is 16.2. The number of nitrogen functional groups attached to an aromatic ring is 1. The number of benzene rings is 1. The molecule has 19 heavy (non-hydrogen) atoms. The SMILES string of the molecule is Cc1cccc(C(=O)N2Cc3ccc(N)cc3C2)n1. The summed E-state index contributed by atoms with van der Waals surface area (Å²) in [6.07, 6.45) is 0. The first-order chi connectivity index (χ1) is 9.13. The van der Waals surface area contributed by atoms with Gasteiger partial charge in [-0.25, -0.2) is 4.98 Å². The Kier molecular flexibility index (Phi) is 2.71. The van der Waals surface area contributed by atoms with Gasteiger partial charge in [0.1, 0.15) is 5.69 Å². The second-order valence-electron chi connectivity index (χ2n) is 4.85. The molecular formula is C15H15N3O. The van der Waals surface area contributed by atoms with Gasteiger partial charge in [0.2, 0.25) is 0 Å². The van der Waals surface area contributed by atoms with E-state index in [1.165, 1.54) is 0 Å². The standard InChI is InChI=1S/C15H15N3O/c1-10-3-2-4-14(17-10)15(19)18-8-11-5-6-13(16)7-12(11)9-18/h2-7H,8-9,16H2,1H3. The quantitative estimate of drug-likeness (QED) is 0.792.